The van der Waals surface area contributed by atoms with E-state index in [0.717, 1.165) is 0 Å². The van der Waals surface area contributed by atoms with Crippen LogP contribution in [0.15, 0.2) is 48.7 Å². The van der Waals surface area contributed by atoms with Crippen LogP contribution in [-0.4, -0.2) is 57.6 Å². The minimum absolute atomic E-state index is 0.191. The number of nitrogens with one attached hydrogen (secondary N) is 2. The largest absolute Gasteiger partial charge is 0.435 e. The smallest absolute Gasteiger partial charge is 0.411 e. The van der Waals surface area contributed by atoms with Crippen molar-refractivity contribution in [3.05, 3.63) is 77.0 Å². The van der Waals surface area contributed by atoms with E-state index in [2.05, 4.69) is 20.5 Å². The van der Waals surface area contributed by atoms with Gasteiger partial charge in [-0.25, -0.2) is 9.18 Å². The first-order chi connectivity index (χ1) is 16.5. The Morgan fingerprint density at radius 3 is 2.57 bits per heavy atom. The van der Waals surface area contributed by atoms with Crippen LogP contribution >= 0.6 is 0 Å². The Labute approximate surface area is 203 Å². The number of hydrogen-bond acceptors (Lipinski definition) is 6. The lowest BCUT2D eigenvalue weighted by Gasteiger charge is -2.37. The van der Waals surface area contributed by atoms with E-state index in [-0.39, 0.29) is 6.54 Å². The second-order valence-corrected chi connectivity index (χ2v) is 9.58. The van der Waals surface area contributed by atoms with E-state index < -0.39 is 29.0 Å². The molecule has 2 N–H and O–H groups in total. The van der Waals surface area contributed by atoms with Gasteiger partial charge >= 0.3 is 6.09 Å². The number of aromatic amines is 1. The number of anilines is 1. The van der Waals surface area contributed by atoms with Gasteiger partial charge in [0.1, 0.15) is 5.82 Å². The molecule has 0 spiro atoms. The molecule has 3 heterocycles. The molecule has 0 saturated carbocycles. The molecule has 1 atom stereocenters. The molecule has 0 radical (unpaired) electrons. The second kappa shape index (κ2) is 9.10. The fraction of sp³-hybridized carbons (Fsp3) is 0.360. The summed E-state index contributed by atoms with van der Waals surface area (Å²) in [5.41, 5.74) is 0.594. The molecule has 1 aliphatic heterocycles. The summed E-state index contributed by atoms with van der Waals surface area (Å²) in [7, 11) is 3.81. The van der Waals surface area contributed by atoms with Crippen LogP contribution in [-0.2, 0) is 22.4 Å². The van der Waals surface area contributed by atoms with Crippen LogP contribution in [0.3, 0.4) is 0 Å². The van der Waals surface area contributed by atoms with E-state index in [4.69, 9.17) is 4.74 Å². The van der Waals surface area contributed by atoms with Crippen LogP contribution in [0.5, 0.6) is 0 Å². The fourth-order valence-electron chi connectivity index (χ4n) is 4.39. The number of amides is 2. The van der Waals surface area contributed by atoms with Gasteiger partial charge in [-0.05, 0) is 71.3 Å². The SMILES string of the molecule is CN(C)C[C@](C)(OC(=O)N1Cc2c(NC(=O)c3ccc(F)cc3)n[nH]c2C1(C)C)c1ccccn1. The third kappa shape index (κ3) is 4.74. The van der Waals surface area contributed by atoms with Gasteiger partial charge in [0.25, 0.3) is 5.91 Å². The average Bonchev–Trinajstić information content (AvgIpc) is 3.32. The molecule has 2 aromatic heterocycles. The molecule has 3 aromatic rings. The first-order valence-electron chi connectivity index (χ1n) is 11.2. The standard InChI is InChI=1S/C25H29FN6O3/c1-24(2)20-18(21(30-29-20)28-22(33)16-9-11-17(26)12-10-16)14-32(24)23(34)35-25(3,15-31(4)5)19-8-6-7-13-27-19/h6-13H,14-15H2,1-5H3,(H2,28,29,30,33)/t25-/m0/s1. The number of ether oxygens (including phenoxy) is 1. The zero-order valence-electron chi connectivity index (χ0n) is 20.4. The van der Waals surface area contributed by atoms with E-state index >= 15 is 0 Å². The summed E-state index contributed by atoms with van der Waals surface area (Å²) in [5, 5.41) is 9.96. The third-order valence-corrected chi connectivity index (χ3v) is 6.17. The summed E-state index contributed by atoms with van der Waals surface area (Å²) >= 11 is 0. The molecule has 4 rings (SSSR count). The number of rotatable bonds is 6. The Morgan fingerprint density at radius 1 is 1.23 bits per heavy atom. The summed E-state index contributed by atoms with van der Waals surface area (Å²) in [6.07, 6.45) is 1.16. The molecule has 0 bridgehead atoms. The van der Waals surface area contributed by atoms with Gasteiger partial charge in [0.05, 0.1) is 23.5 Å². The molecular formula is C25H29FN6O3. The molecule has 0 aliphatic carbocycles. The number of likely N-dealkylation sites (N-methyl/N-ethyl adjacent to an activating group) is 1. The van der Waals surface area contributed by atoms with Gasteiger partial charge in [-0.1, -0.05) is 6.07 Å². The summed E-state index contributed by atoms with van der Waals surface area (Å²) < 4.78 is 19.3. The summed E-state index contributed by atoms with van der Waals surface area (Å²) in [6.45, 7) is 6.24. The first-order valence-corrected chi connectivity index (χ1v) is 11.2. The van der Waals surface area contributed by atoms with Crippen LogP contribution < -0.4 is 5.32 Å². The van der Waals surface area contributed by atoms with Gasteiger partial charge in [-0.3, -0.25) is 19.8 Å². The van der Waals surface area contributed by atoms with Crippen molar-refractivity contribution in [1.29, 1.82) is 0 Å². The molecule has 9 nitrogen and oxygen atoms in total. The maximum atomic E-state index is 13.5. The average molecular weight is 481 g/mol. The highest BCUT2D eigenvalue weighted by atomic mass is 19.1. The van der Waals surface area contributed by atoms with Crippen molar-refractivity contribution >= 4 is 17.8 Å². The molecule has 184 valence electrons. The number of carbonyl (C=O) groups is 2. The number of halogens is 1. The first kappa shape index (κ1) is 24.3. The van der Waals surface area contributed by atoms with Gasteiger partial charge < -0.3 is 15.0 Å². The summed E-state index contributed by atoms with van der Waals surface area (Å²) in [5.74, 6) is -0.532. The minimum Gasteiger partial charge on any atom is -0.435 e. The Kier molecular flexibility index (Phi) is 6.33. The topological polar surface area (TPSA) is 103 Å². The maximum Gasteiger partial charge on any atom is 0.411 e. The molecular weight excluding hydrogens is 451 g/mol. The number of aromatic nitrogens is 3. The van der Waals surface area contributed by atoms with Crippen LogP contribution in [0.2, 0.25) is 0 Å². The molecule has 1 aromatic carbocycles. The molecule has 2 amide bonds. The van der Waals surface area contributed by atoms with Crippen molar-refractivity contribution in [2.24, 2.45) is 0 Å². The fourth-order valence-corrected chi connectivity index (χ4v) is 4.39. The van der Waals surface area contributed by atoms with Gasteiger partial charge in [0.15, 0.2) is 11.4 Å². The van der Waals surface area contributed by atoms with Crippen molar-refractivity contribution in [3.8, 4) is 0 Å². The number of carbonyl (C=O) groups excluding carboxylic acids is 2. The highest BCUT2D eigenvalue weighted by Crippen LogP contribution is 2.42. The second-order valence-electron chi connectivity index (χ2n) is 9.58. The van der Waals surface area contributed by atoms with Crippen molar-refractivity contribution in [2.45, 2.75) is 38.5 Å². The molecule has 10 heteroatoms. The zero-order valence-corrected chi connectivity index (χ0v) is 20.4. The predicted molar refractivity (Wildman–Crippen MR) is 128 cm³/mol. The highest BCUT2D eigenvalue weighted by molar-refractivity contribution is 6.04. The van der Waals surface area contributed by atoms with E-state index in [1.165, 1.54) is 24.3 Å². The maximum absolute atomic E-state index is 13.5. The van der Waals surface area contributed by atoms with E-state index in [1.54, 1.807) is 11.1 Å². The summed E-state index contributed by atoms with van der Waals surface area (Å²) in [6, 6.07) is 10.7. The van der Waals surface area contributed by atoms with Crippen molar-refractivity contribution < 1.29 is 18.7 Å². The zero-order chi connectivity index (χ0) is 25.4. The Morgan fingerprint density at radius 2 is 1.94 bits per heavy atom. The van der Waals surface area contributed by atoms with Crippen LogP contribution in [0, 0.1) is 5.82 Å². The van der Waals surface area contributed by atoms with Crippen molar-refractivity contribution in [3.63, 3.8) is 0 Å². The van der Waals surface area contributed by atoms with Gasteiger partial charge in [0.2, 0.25) is 0 Å². The third-order valence-electron chi connectivity index (χ3n) is 6.17. The van der Waals surface area contributed by atoms with Crippen molar-refractivity contribution in [1.82, 2.24) is 25.0 Å². The van der Waals surface area contributed by atoms with E-state index in [1.807, 2.05) is 58.0 Å². The van der Waals surface area contributed by atoms with Crippen LogP contribution in [0.4, 0.5) is 15.0 Å². The Bertz CT molecular complexity index is 1230. The lowest BCUT2D eigenvalue weighted by atomic mass is 10.00. The Balaban J connectivity index is 1.55. The lowest BCUT2D eigenvalue weighted by Crippen LogP contribution is -2.47. The van der Waals surface area contributed by atoms with Crippen molar-refractivity contribution in [2.75, 3.05) is 26.0 Å². The monoisotopic (exact) mass is 480 g/mol. The Hall–Kier alpha value is -3.79. The quantitative estimate of drug-likeness (QED) is 0.555. The molecule has 1 aliphatic rings. The number of hydrogen-bond donors (Lipinski definition) is 2. The van der Waals surface area contributed by atoms with Gasteiger partial charge in [-0.15, -0.1) is 0 Å². The lowest BCUT2D eigenvalue weighted by molar-refractivity contribution is -0.0323. The number of nitrogens with zero attached hydrogens (tertiary/aromatic N) is 4. The number of fused-ring (bicyclic) bond motifs is 1. The van der Waals surface area contributed by atoms with Crippen LogP contribution in [0.25, 0.3) is 0 Å². The van der Waals surface area contributed by atoms with E-state index in [0.29, 0.717) is 34.9 Å². The van der Waals surface area contributed by atoms with Crippen LogP contribution in [0.1, 0.15) is 48.1 Å². The van der Waals surface area contributed by atoms with E-state index in [9.17, 15) is 14.0 Å². The highest BCUT2D eigenvalue weighted by Gasteiger charge is 2.47. The molecule has 0 saturated heterocycles. The minimum atomic E-state index is -0.980. The molecule has 35 heavy (non-hydrogen) atoms. The number of pyridine rings is 1. The number of H-pyrrole nitrogens is 1. The normalized spacial score (nSPS) is 16.0. The summed E-state index contributed by atoms with van der Waals surface area (Å²) in [4.78, 5) is 34.1. The van der Waals surface area contributed by atoms with Gasteiger partial charge in [0, 0.05) is 23.9 Å². The predicted octanol–water partition coefficient (Wildman–Crippen LogP) is 3.86. The molecule has 0 fully saturated rings. The molecule has 0 unspecified atom stereocenters. The number of benzene rings is 1. The van der Waals surface area contributed by atoms with Gasteiger partial charge in [-0.2, -0.15) is 5.10 Å².